The van der Waals surface area contributed by atoms with Crippen LogP contribution in [-0.2, 0) is 13.6 Å². The van der Waals surface area contributed by atoms with Crippen molar-refractivity contribution in [1.29, 1.82) is 0 Å². The van der Waals surface area contributed by atoms with Crippen molar-refractivity contribution >= 4 is 7.82 Å². The van der Waals surface area contributed by atoms with Crippen LogP contribution in [0.5, 0.6) is 0 Å². The molecule has 0 aromatic heterocycles. The zero-order chi connectivity index (χ0) is 14.7. The van der Waals surface area contributed by atoms with Gasteiger partial charge >= 0.3 is 7.82 Å². The lowest BCUT2D eigenvalue weighted by atomic mass is 10.1. The van der Waals surface area contributed by atoms with E-state index in [0.29, 0.717) is 0 Å². The zero-order valence-corrected chi connectivity index (χ0v) is 13.8. The maximum Gasteiger partial charge on any atom is 0.472 e. The minimum atomic E-state index is -3.92. The van der Waals surface area contributed by atoms with Gasteiger partial charge in [-0.15, -0.1) is 0 Å². The van der Waals surface area contributed by atoms with E-state index in [4.69, 9.17) is 9.05 Å². The third-order valence-corrected chi connectivity index (χ3v) is 4.14. The van der Waals surface area contributed by atoms with Crippen LogP contribution in [0.25, 0.3) is 0 Å². The topological polar surface area (TPSA) is 55.8 Å². The smallest absolute Gasteiger partial charge is 0.302 e. The van der Waals surface area contributed by atoms with Crippen LogP contribution in [0.1, 0.15) is 79.1 Å². The van der Waals surface area contributed by atoms with Crippen LogP contribution in [0.4, 0.5) is 0 Å². The number of phosphoric acid groups is 1. The third kappa shape index (κ3) is 9.61. The Kier molecular flexibility index (Phi) is 10.9. The summed E-state index contributed by atoms with van der Waals surface area (Å²) in [5, 5.41) is 0. The van der Waals surface area contributed by atoms with Crippen LogP contribution in [-0.4, -0.2) is 17.1 Å². The van der Waals surface area contributed by atoms with Gasteiger partial charge in [0.25, 0.3) is 0 Å². The van der Waals surface area contributed by atoms with Crippen LogP contribution in [0, 0.1) is 0 Å². The first-order valence-corrected chi connectivity index (χ1v) is 9.18. The molecule has 0 atom stereocenters. The maximum absolute atomic E-state index is 12.0. The Hall–Kier alpha value is 0.110. The molecule has 116 valence electrons. The summed E-state index contributed by atoms with van der Waals surface area (Å²) in [4.78, 5) is 9.87. The molecule has 0 spiro atoms. The average molecular weight is 294 g/mol. The first kappa shape index (κ1) is 19.1. The molecular formula is C14H31O4P. The van der Waals surface area contributed by atoms with Crippen molar-refractivity contribution in [1.82, 2.24) is 0 Å². The molecule has 5 heteroatoms. The third-order valence-electron chi connectivity index (χ3n) is 3.01. The van der Waals surface area contributed by atoms with E-state index in [1.165, 1.54) is 0 Å². The van der Waals surface area contributed by atoms with Crippen LogP contribution in [0.2, 0.25) is 0 Å². The average Bonchev–Trinajstić information content (AvgIpc) is 2.29. The molecule has 4 nitrogen and oxygen atoms in total. The van der Waals surface area contributed by atoms with E-state index in [9.17, 15) is 9.46 Å². The monoisotopic (exact) mass is 294 g/mol. The summed E-state index contributed by atoms with van der Waals surface area (Å²) in [5.41, 5.74) is 0. The number of rotatable bonds is 12. The van der Waals surface area contributed by atoms with Gasteiger partial charge in [-0.2, -0.15) is 0 Å². The van der Waals surface area contributed by atoms with Crippen molar-refractivity contribution in [3.05, 3.63) is 0 Å². The molecule has 0 rings (SSSR count). The Morgan fingerprint density at radius 3 is 1.26 bits per heavy atom. The summed E-state index contributed by atoms with van der Waals surface area (Å²) in [6.45, 7) is 8.19. The number of hydrogen-bond acceptors (Lipinski definition) is 3. The summed E-state index contributed by atoms with van der Waals surface area (Å²) >= 11 is 0. The van der Waals surface area contributed by atoms with Gasteiger partial charge < -0.3 is 4.89 Å². The number of hydrogen-bond donors (Lipinski definition) is 1. The first-order chi connectivity index (χ1) is 8.99. The summed E-state index contributed by atoms with van der Waals surface area (Å²) in [6.07, 6.45) is 6.63. The summed E-state index contributed by atoms with van der Waals surface area (Å²) < 4.78 is 22.7. The molecule has 0 saturated carbocycles. The molecule has 1 N–H and O–H groups in total. The Labute approximate surface area is 118 Å². The molecule has 0 aliphatic heterocycles. The highest BCUT2D eigenvalue weighted by Gasteiger charge is 2.29. The standard InChI is InChI=1S/C14H31O4P/c1-5-9-13(10-6-2)17-19(15,16)18-14(11-7-3)12-8-4/h13-14H,5-12H2,1-4H3,(H,15,16). The van der Waals surface area contributed by atoms with Gasteiger partial charge in [0.05, 0.1) is 12.2 Å². The Morgan fingerprint density at radius 1 is 0.789 bits per heavy atom. The normalized spacial score (nSPS) is 12.6. The van der Waals surface area contributed by atoms with Gasteiger partial charge in [0.1, 0.15) is 0 Å². The van der Waals surface area contributed by atoms with Crippen molar-refractivity contribution in [3.63, 3.8) is 0 Å². The maximum atomic E-state index is 12.0. The lowest BCUT2D eigenvalue weighted by molar-refractivity contribution is 0.0604. The van der Waals surface area contributed by atoms with E-state index in [-0.39, 0.29) is 12.2 Å². The van der Waals surface area contributed by atoms with Gasteiger partial charge in [0, 0.05) is 0 Å². The molecule has 0 aromatic rings. The Balaban J connectivity index is 4.42. The van der Waals surface area contributed by atoms with Crippen molar-refractivity contribution < 1.29 is 18.5 Å². The van der Waals surface area contributed by atoms with Gasteiger partial charge in [0.2, 0.25) is 0 Å². The highest BCUT2D eigenvalue weighted by atomic mass is 31.2. The quantitative estimate of drug-likeness (QED) is 0.511. The first-order valence-electron chi connectivity index (χ1n) is 7.68. The minimum Gasteiger partial charge on any atom is -0.302 e. The SMILES string of the molecule is CCCC(CCC)OP(=O)(O)OC(CCC)CCC. The van der Waals surface area contributed by atoms with Gasteiger partial charge in [-0.05, 0) is 25.7 Å². The fourth-order valence-corrected chi connectivity index (χ4v) is 3.41. The molecule has 19 heavy (non-hydrogen) atoms. The van der Waals surface area contributed by atoms with E-state index >= 15 is 0 Å². The molecular weight excluding hydrogens is 263 g/mol. The highest BCUT2D eigenvalue weighted by molar-refractivity contribution is 7.47. The van der Waals surface area contributed by atoms with Crippen molar-refractivity contribution in [2.24, 2.45) is 0 Å². The van der Waals surface area contributed by atoms with E-state index in [2.05, 4.69) is 0 Å². The molecule has 0 heterocycles. The molecule has 0 aliphatic rings. The molecule has 0 saturated heterocycles. The second-order valence-corrected chi connectivity index (χ2v) is 6.44. The van der Waals surface area contributed by atoms with E-state index in [1.54, 1.807) is 0 Å². The lowest BCUT2D eigenvalue weighted by Crippen LogP contribution is -2.16. The number of phosphoric ester groups is 1. The van der Waals surface area contributed by atoms with Crippen molar-refractivity contribution in [3.8, 4) is 0 Å². The lowest BCUT2D eigenvalue weighted by Gasteiger charge is -2.24. The molecule has 0 fully saturated rings. The van der Waals surface area contributed by atoms with Gasteiger partial charge in [-0.25, -0.2) is 4.57 Å². The van der Waals surface area contributed by atoms with Crippen LogP contribution in [0.15, 0.2) is 0 Å². The Morgan fingerprint density at radius 2 is 1.05 bits per heavy atom. The summed E-state index contributed by atoms with van der Waals surface area (Å²) in [5.74, 6) is 0. The van der Waals surface area contributed by atoms with Gasteiger partial charge in [-0.3, -0.25) is 9.05 Å². The highest BCUT2D eigenvalue weighted by Crippen LogP contribution is 2.48. The van der Waals surface area contributed by atoms with Gasteiger partial charge in [0.15, 0.2) is 0 Å². The van der Waals surface area contributed by atoms with E-state index in [0.717, 1.165) is 51.4 Å². The van der Waals surface area contributed by atoms with Crippen LogP contribution < -0.4 is 0 Å². The van der Waals surface area contributed by atoms with Crippen LogP contribution in [0.3, 0.4) is 0 Å². The summed E-state index contributed by atoms with van der Waals surface area (Å²) in [7, 11) is -3.92. The predicted octanol–water partition coefficient (Wildman–Crippen LogP) is 5.06. The minimum absolute atomic E-state index is 0.172. The molecule has 0 bridgehead atoms. The Bertz CT molecular complexity index is 224. The van der Waals surface area contributed by atoms with E-state index in [1.807, 2.05) is 27.7 Å². The molecule has 0 aromatic carbocycles. The fourth-order valence-electron chi connectivity index (χ4n) is 2.19. The van der Waals surface area contributed by atoms with Crippen molar-refractivity contribution in [2.75, 3.05) is 0 Å². The van der Waals surface area contributed by atoms with E-state index < -0.39 is 7.82 Å². The predicted molar refractivity (Wildman–Crippen MR) is 79.2 cm³/mol. The molecule has 0 aliphatic carbocycles. The molecule has 0 unspecified atom stereocenters. The van der Waals surface area contributed by atoms with Crippen molar-refractivity contribution in [2.45, 2.75) is 91.3 Å². The van der Waals surface area contributed by atoms with Crippen LogP contribution >= 0.6 is 7.82 Å². The largest absolute Gasteiger partial charge is 0.472 e. The van der Waals surface area contributed by atoms with Gasteiger partial charge in [-0.1, -0.05) is 53.4 Å². The second kappa shape index (κ2) is 10.8. The summed E-state index contributed by atoms with van der Waals surface area (Å²) in [6, 6.07) is 0. The zero-order valence-electron chi connectivity index (χ0n) is 12.9. The fraction of sp³-hybridized carbons (Fsp3) is 1.00. The molecule has 0 amide bonds. The second-order valence-electron chi connectivity index (χ2n) is 5.08. The molecule has 0 radical (unpaired) electrons.